The van der Waals surface area contributed by atoms with Crippen molar-refractivity contribution in [3.05, 3.63) is 0 Å². The third kappa shape index (κ3) is 6.31. The molecule has 0 aromatic rings. The van der Waals surface area contributed by atoms with Crippen molar-refractivity contribution >= 4 is 12.6 Å². The van der Waals surface area contributed by atoms with Crippen LogP contribution in [0, 0.1) is 0 Å². The second-order valence-electron chi connectivity index (χ2n) is 1.93. The van der Waals surface area contributed by atoms with Crippen molar-refractivity contribution in [2.75, 3.05) is 0 Å². The fraction of sp³-hybridized carbons (Fsp3) is 1.00. The Bertz CT molecular complexity index is 37.3. The average molecular weight is 120 g/mol. The van der Waals surface area contributed by atoms with Crippen molar-refractivity contribution in [1.29, 1.82) is 0 Å². The highest BCUT2D eigenvalue weighted by Gasteiger charge is 1.98. The molecule has 0 heterocycles. The van der Waals surface area contributed by atoms with Gasteiger partial charge < -0.3 is 5.11 Å². The minimum Gasteiger partial charge on any atom is -0.393 e. The van der Waals surface area contributed by atoms with Gasteiger partial charge in [-0.2, -0.15) is 12.6 Å². The van der Waals surface area contributed by atoms with Crippen LogP contribution in [0.5, 0.6) is 0 Å². The molecule has 1 nitrogen and oxygen atoms in total. The minimum atomic E-state index is -0.201. The zero-order valence-electron chi connectivity index (χ0n) is 4.76. The Morgan fingerprint density at radius 1 is 1.57 bits per heavy atom. The molecule has 2 atom stereocenters. The fourth-order valence-electron chi connectivity index (χ4n) is 0.494. The van der Waals surface area contributed by atoms with Crippen LogP contribution in [0.25, 0.3) is 0 Å². The summed E-state index contributed by atoms with van der Waals surface area (Å²) < 4.78 is 0. The fourth-order valence-corrected chi connectivity index (χ4v) is 0.799. The van der Waals surface area contributed by atoms with Gasteiger partial charge in [0.05, 0.1) is 6.10 Å². The van der Waals surface area contributed by atoms with Crippen LogP contribution in [0.15, 0.2) is 0 Å². The van der Waals surface area contributed by atoms with E-state index in [4.69, 9.17) is 5.11 Å². The molecule has 2 heteroatoms. The Kier molecular flexibility index (Phi) is 3.48. The summed E-state index contributed by atoms with van der Waals surface area (Å²) in [5.74, 6) is 0. The lowest BCUT2D eigenvalue weighted by Gasteiger charge is -2.04. The summed E-state index contributed by atoms with van der Waals surface area (Å²) in [6.07, 6.45) is 0.579. The molecule has 0 saturated carbocycles. The largest absolute Gasteiger partial charge is 0.393 e. The zero-order chi connectivity index (χ0) is 5.86. The van der Waals surface area contributed by atoms with E-state index in [2.05, 4.69) is 12.6 Å². The standard InChI is InChI=1S/C5H12OS/c1-4(6)3-5(2)7/h4-7H,3H2,1-2H3/t4-,5-/m0/s1. The summed E-state index contributed by atoms with van der Waals surface area (Å²) in [6, 6.07) is 0. The highest BCUT2D eigenvalue weighted by Crippen LogP contribution is 2.01. The average Bonchev–Trinajstić information content (AvgIpc) is 1.27. The van der Waals surface area contributed by atoms with Gasteiger partial charge in [0.15, 0.2) is 0 Å². The summed E-state index contributed by atoms with van der Waals surface area (Å²) >= 11 is 4.08. The molecule has 1 N–H and O–H groups in total. The van der Waals surface area contributed by atoms with E-state index in [0.717, 1.165) is 6.42 Å². The zero-order valence-corrected chi connectivity index (χ0v) is 5.65. The molecule has 0 aromatic carbocycles. The third-order valence-corrected chi connectivity index (χ3v) is 0.893. The van der Waals surface area contributed by atoms with Crippen molar-refractivity contribution in [1.82, 2.24) is 0 Å². The molecule has 0 aliphatic heterocycles. The Morgan fingerprint density at radius 2 is 2.00 bits per heavy atom. The van der Waals surface area contributed by atoms with Crippen LogP contribution < -0.4 is 0 Å². The number of rotatable bonds is 2. The van der Waals surface area contributed by atoms with Gasteiger partial charge in [-0.25, -0.2) is 0 Å². The molecule has 0 amide bonds. The van der Waals surface area contributed by atoms with Crippen molar-refractivity contribution in [3.8, 4) is 0 Å². The van der Waals surface area contributed by atoms with Gasteiger partial charge in [-0.3, -0.25) is 0 Å². The predicted molar refractivity (Wildman–Crippen MR) is 34.7 cm³/mol. The molecule has 0 aliphatic carbocycles. The number of aliphatic hydroxyl groups excluding tert-OH is 1. The van der Waals surface area contributed by atoms with E-state index in [1.54, 1.807) is 6.92 Å². The first-order valence-corrected chi connectivity index (χ1v) is 3.00. The van der Waals surface area contributed by atoms with Crippen molar-refractivity contribution in [2.24, 2.45) is 0 Å². The quantitative estimate of drug-likeness (QED) is 0.522. The maximum Gasteiger partial charge on any atom is 0.0522 e. The molecule has 0 radical (unpaired) electrons. The Morgan fingerprint density at radius 3 is 2.00 bits per heavy atom. The van der Waals surface area contributed by atoms with Gasteiger partial charge in [-0.15, -0.1) is 0 Å². The van der Waals surface area contributed by atoms with Crippen LogP contribution in [0.2, 0.25) is 0 Å². The first kappa shape index (κ1) is 7.31. The maximum atomic E-state index is 8.67. The van der Waals surface area contributed by atoms with E-state index in [0.29, 0.717) is 5.25 Å². The van der Waals surface area contributed by atoms with Crippen LogP contribution in [0.4, 0.5) is 0 Å². The molecular formula is C5H12OS. The van der Waals surface area contributed by atoms with Crippen LogP contribution in [-0.2, 0) is 0 Å². The smallest absolute Gasteiger partial charge is 0.0522 e. The molecule has 0 bridgehead atoms. The van der Waals surface area contributed by atoms with E-state index < -0.39 is 0 Å². The van der Waals surface area contributed by atoms with Gasteiger partial charge in [0.2, 0.25) is 0 Å². The summed E-state index contributed by atoms with van der Waals surface area (Å²) in [5, 5.41) is 8.99. The monoisotopic (exact) mass is 120 g/mol. The van der Waals surface area contributed by atoms with Gasteiger partial charge in [0.1, 0.15) is 0 Å². The van der Waals surface area contributed by atoms with Gasteiger partial charge in [0, 0.05) is 5.25 Å². The van der Waals surface area contributed by atoms with Gasteiger partial charge in [0.25, 0.3) is 0 Å². The number of thiol groups is 1. The van der Waals surface area contributed by atoms with Crippen molar-refractivity contribution in [2.45, 2.75) is 31.6 Å². The van der Waals surface area contributed by atoms with Crippen LogP contribution in [0.3, 0.4) is 0 Å². The highest BCUT2D eigenvalue weighted by atomic mass is 32.1. The molecular weight excluding hydrogens is 108 g/mol. The van der Waals surface area contributed by atoms with E-state index in [1.165, 1.54) is 0 Å². The Hall–Kier alpha value is 0.310. The van der Waals surface area contributed by atoms with Crippen molar-refractivity contribution in [3.63, 3.8) is 0 Å². The Balaban J connectivity index is 2.95. The Labute approximate surface area is 50.1 Å². The first-order chi connectivity index (χ1) is 3.13. The number of hydrogen-bond acceptors (Lipinski definition) is 2. The van der Waals surface area contributed by atoms with Crippen LogP contribution in [0.1, 0.15) is 20.3 Å². The summed E-state index contributed by atoms with van der Waals surface area (Å²) in [7, 11) is 0. The summed E-state index contributed by atoms with van der Waals surface area (Å²) in [4.78, 5) is 0. The lowest BCUT2D eigenvalue weighted by molar-refractivity contribution is 0.185. The SMILES string of the molecule is C[C@H](O)C[C@H](C)S. The van der Waals surface area contributed by atoms with Crippen LogP contribution >= 0.6 is 12.6 Å². The molecule has 0 rings (SSSR count). The van der Waals surface area contributed by atoms with Gasteiger partial charge in [-0.1, -0.05) is 6.92 Å². The molecule has 0 spiro atoms. The second-order valence-corrected chi connectivity index (χ2v) is 2.82. The van der Waals surface area contributed by atoms with Crippen molar-refractivity contribution < 1.29 is 5.11 Å². The number of aliphatic hydroxyl groups is 1. The van der Waals surface area contributed by atoms with E-state index in [9.17, 15) is 0 Å². The predicted octanol–water partition coefficient (Wildman–Crippen LogP) is 1.08. The molecule has 0 saturated heterocycles. The third-order valence-electron chi connectivity index (χ3n) is 0.682. The highest BCUT2D eigenvalue weighted by molar-refractivity contribution is 7.80. The summed E-state index contributed by atoms with van der Waals surface area (Å²) in [5.41, 5.74) is 0. The molecule has 0 aromatic heterocycles. The molecule has 7 heavy (non-hydrogen) atoms. The van der Waals surface area contributed by atoms with E-state index in [1.807, 2.05) is 6.92 Å². The van der Waals surface area contributed by atoms with E-state index >= 15 is 0 Å². The normalized spacial score (nSPS) is 18.9. The van der Waals surface area contributed by atoms with Crippen LogP contribution in [-0.4, -0.2) is 16.5 Å². The van der Waals surface area contributed by atoms with E-state index in [-0.39, 0.29) is 6.10 Å². The lowest BCUT2D eigenvalue weighted by atomic mass is 10.2. The summed E-state index contributed by atoms with van der Waals surface area (Å²) in [6.45, 7) is 3.74. The van der Waals surface area contributed by atoms with Gasteiger partial charge >= 0.3 is 0 Å². The lowest BCUT2D eigenvalue weighted by Crippen LogP contribution is -2.05. The second kappa shape index (κ2) is 3.33. The molecule has 44 valence electrons. The van der Waals surface area contributed by atoms with Gasteiger partial charge in [-0.05, 0) is 13.3 Å². The first-order valence-electron chi connectivity index (χ1n) is 2.49. The maximum absolute atomic E-state index is 8.67. The topological polar surface area (TPSA) is 20.2 Å². The molecule has 0 aliphatic rings. The number of hydrogen-bond donors (Lipinski definition) is 2. The minimum absolute atomic E-state index is 0.201. The molecule has 0 fully saturated rings. The molecule has 0 unspecified atom stereocenters.